The quantitative estimate of drug-likeness (QED) is 0.166. The normalized spacial score (nSPS) is 12.8. The fourth-order valence-corrected chi connectivity index (χ4v) is 9.24. The van der Waals surface area contributed by atoms with Gasteiger partial charge < -0.3 is 4.74 Å². The van der Waals surface area contributed by atoms with Gasteiger partial charge in [-0.2, -0.15) is 0 Å². The third kappa shape index (κ3) is 5.59. The molecule has 0 atom stereocenters. The molecule has 7 nitrogen and oxygen atoms in total. The molecular weight excluding hydrogens is 761 g/mol. The summed E-state index contributed by atoms with van der Waals surface area (Å²) in [5.41, 5.74) is 10.8. The van der Waals surface area contributed by atoms with Crippen molar-refractivity contribution in [3.05, 3.63) is 229 Å². The van der Waals surface area contributed by atoms with Gasteiger partial charge in [-0.25, -0.2) is 29.9 Å². The highest BCUT2D eigenvalue weighted by Gasteiger charge is 2.53. The van der Waals surface area contributed by atoms with Crippen LogP contribution in [0.5, 0.6) is 11.5 Å². The van der Waals surface area contributed by atoms with E-state index in [1.54, 1.807) is 0 Å². The van der Waals surface area contributed by atoms with Crippen molar-refractivity contribution >= 4 is 0 Å². The van der Waals surface area contributed by atoms with Gasteiger partial charge in [-0.1, -0.05) is 194 Å². The van der Waals surface area contributed by atoms with Crippen molar-refractivity contribution in [3.63, 3.8) is 0 Å². The van der Waals surface area contributed by atoms with E-state index >= 15 is 0 Å². The molecule has 7 heteroatoms. The lowest BCUT2D eigenvalue weighted by Gasteiger charge is -2.40. The first kappa shape index (κ1) is 35.5. The Morgan fingerprint density at radius 1 is 0.274 bits per heavy atom. The predicted molar refractivity (Wildman–Crippen MR) is 243 cm³/mol. The second kappa shape index (κ2) is 14.4. The Morgan fingerprint density at radius 2 is 0.613 bits per heavy atom. The number of hydrogen-bond acceptors (Lipinski definition) is 7. The molecule has 1 aliphatic carbocycles. The molecule has 0 amide bonds. The Bertz CT molecular complexity index is 3160. The van der Waals surface area contributed by atoms with Gasteiger partial charge >= 0.3 is 0 Å². The summed E-state index contributed by atoms with van der Waals surface area (Å²) in [5.74, 6) is 5.11. The van der Waals surface area contributed by atoms with Gasteiger partial charge in [0.1, 0.15) is 11.5 Å². The van der Waals surface area contributed by atoms with Crippen LogP contribution in [-0.2, 0) is 5.41 Å². The van der Waals surface area contributed by atoms with Crippen LogP contribution in [0.2, 0.25) is 0 Å². The summed E-state index contributed by atoms with van der Waals surface area (Å²) in [4.78, 5) is 31.3. The minimum atomic E-state index is -0.854. The molecule has 2 aliphatic rings. The lowest BCUT2D eigenvalue weighted by molar-refractivity contribution is 0.436. The van der Waals surface area contributed by atoms with Crippen LogP contribution in [0.25, 0.3) is 79.5 Å². The fraction of sp³-hybridized carbons (Fsp3) is 0.0182. The number of para-hydroxylation sites is 2. The Labute approximate surface area is 358 Å². The zero-order valence-electron chi connectivity index (χ0n) is 33.2. The fourth-order valence-electron chi connectivity index (χ4n) is 9.24. The summed E-state index contributed by atoms with van der Waals surface area (Å²) in [7, 11) is 0. The number of rotatable bonds is 6. The van der Waals surface area contributed by atoms with Crippen molar-refractivity contribution < 1.29 is 4.74 Å². The lowest BCUT2D eigenvalue weighted by Crippen LogP contribution is -2.32. The second-order valence-electron chi connectivity index (χ2n) is 15.4. The maximum absolute atomic E-state index is 6.76. The maximum Gasteiger partial charge on any atom is 0.164 e. The van der Waals surface area contributed by atoms with Gasteiger partial charge in [0, 0.05) is 44.5 Å². The highest BCUT2D eigenvalue weighted by Crippen LogP contribution is 2.64. The molecule has 2 aromatic heterocycles. The van der Waals surface area contributed by atoms with Gasteiger partial charge in [0.25, 0.3) is 0 Å². The summed E-state index contributed by atoms with van der Waals surface area (Å²) in [6.07, 6.45) is 0. The summed E-state index contributed by atoms with van der Waals surface area (Å²) < 4.78 is 6.76. The highest BCUT2D eigenvalue weighted by molar-refractivity contribution is 5.99. The Kier molecular flexibility index (Phi) is 8.25. The number of nitrogens with zero attached hydrogens (tertiary/aromatic N) is 6. The van der Waals surface area contributed by atoms with Gasteiger partial charge in [-0.3, -0.25) is 0 Å². The van der Waals surface area contributed by atoms with E-state index in [9.17, 15) is 0 Å². The molecule has 290 valence electrons. The van der Waals surface area contributed by atoms with E-state index in [1.165, 1.54) is 0 Å². The molecule has 0 saturated carbocycles. The highest BCUT2D eigenvalue weighted by atomic mass is 16.5. The van der Waals surface area contributed by atoms with Crippen LogP contribution in [0.1, 0.15) is 22.3 Å². The molecule has 0 saturated heterocycles. The monoisotopic (exact) mass is 794 g/mol. The summed E-state index contributed by atoms with van der Waals surface area (Å²) in [6, 6.07) is 70.2. The van der Waals surface area contributed by atoms with Gasteiger partial charge in [-0.05, 0) is 34.4 Å². The standard InChI is InChI=1S/C55H34N6O/c1-5-19-35(20-6-1)49-56-50(36-21-7-2-8-22-36)59-53(58-49)40-28-18-32-44-47(40)39-27-17-29-41(48(39)55(44)42-30-13-15-33-45(42)62-46-34-16-14-31-43(46)55)54-60-51(37-23-9-3-10-24-37)57-52(61-54)38-25-11-4-12-26-38/h1-34H. The van der Waals surface area contributed by atoms with Crippen molar-refractivity contribution in [1.82, 2.24) is 29.9 Å². The molecule has 0 radical (unpaired) electrons. The molecule has 8 aromatic carbocycles. The minimum absolute atomic E-state index is 0.572. The minimum Gasteiger partial charge on any atom is -0.457 e. The number of fused-ring (bicyclic) bond motifs is 9. The molecule has 0 bridgehead atoms. The largest absolute Gasteiger partial charge is 0.457 e. The molecule has 0 fully saturated rings. The van der Waals surface area contributed by atoms with Crippen LogP contribution in [0, 0.1) is 0 Å². The average Bonchev–Trinajstić information content (AvgIpc) is 3.66. The smallest absolute Gasteiger partial charge is 0.164 e. The Balaban J connectivity index is 1.20. The van der Waals surface area contributed by atoms with Crippen molar-refractivity contribution in [1.29, 1.82) is 0 Å². The molecule has 1 spiro atoms. The SMILES string of the molecule is c1ccc(-c2nc(-c3ccccc3)nc(-c3cccc4c3-c3cccc(-c5nc(-c6ccccc6)nc(-c6ccccc6)n5)c3C43c4ccccc4Oc4ccccc43)n2)cc1. The molecule has 62 heavy (non-hydrogen) atoms. The molecular formula is C55H34N6O. The molecule has 1 aliphatic heterocycles. The summed E-state index contributed by atoms with van der Waals surface area (Å²) in [6.45, 7) is 0. The topological polar surface area (TPSA) is 86.6 Å². The predicted octanol–water partition coefficient (Wildman–Crippen LogP) is 12.5. The Morgan fingerprint density at radius 3 is 1.08 bits per heavy atom. The number of ether oxygens (including phenoxy) is 1. The van der Waals surface area contributed by atoms with Crippen molar-refractivity contribution in [2.45, 2.75) is 5.41 Å². The van der Waals surface area contributed by atoms with E-state index in [-0.39, 0.29) is 0 Å². The molecule has 0 N–H and O–H groups in total. The molecule has 0 unspecified atom stereocenters. The Hall–Kier alpha value is -8.42. The zero-order chi connectivity index (χ0) is 41.0. The third-order valence-corrected chi connectivity index (χ3v) is 11.9. The van der Waals surface area contributed by atoms with E-state index in [4.69, 9.17) is 34.6 Å². The van der Waals surface area contributed by atoms with Crippen LogP contribution in [0.15, 0.2) is 206 Å². The maximum atomic E-state index is 6.76. The molecule has 3 heterocycles. The van der Waals surface area contributed by atoms with Crippen molar-refractivity contribution in [2.75, 3.05) is 0 Å². The van der Waals surface area contributed by atoms with Gasteiger partial charge in [0.15, 0.2) is 34.9 Å². The summed E-state index contributed by atoms with van der Waals surface area (Å²) >= 11 is 0. The van der Waals surface area contributed by atoms with Crippen LogP contribution in [0.4, 0.5) is 0 Å². The van der Waals surface area contributed by atoms with Crippen LogP contribution in [0.3, 0.4) is 0 Å². The van der Waals surface area contributed by atoms with E-state index in [1.807, 2.05) is 133 Å². The van der Waals surface area contributed by atoms with Crippen LogP contribution in [-0.4, -0.2) is 29.9 Å². The number of benzene rings is 8. The van der Waals surface area contributed by atoms with E-state index < -0.39 is 5.41 Å². The third-order valence-electron chi connectivity index (χ3n) is 11.9. The first-order valence-electron chi connectivity index (χ1n) is 20.6. The zero-order valence-corrected chi connectivity index (χ0v) is 33.2. The first-order valence-corrected chi connectivity index (χ1v) is 20.6. The van der Waals surface area contributed by atoms with E-state index in [0.717, 1.165) is 78.3 Å². The van der Waals surface area contributed by atoms with Gasteiger partial charge in [0.05, 0.1) is 5.41 Å². The summed E-state index contributed by atoms with van der Waals surface area (Å²) in [5, 5.41) is 0. The molecule has 12 rings (SSSR count). The first-order chi connectivity index (χ1) is 30.7. The van der Waals surface area contributed by atoms with Crippen molar-refractivity contribution in [3.8, 4) is 91.0 Å². The van der Waals surface area contributed by atoms with E-state index in [0.29, 0.717) is 34.9 Å². The van der Waals surface area contributed by atoms with Crippen LogP contribution >= 0.6 is 0 Å². The average molecular weight is 795 g/mol. The second-order valence-corrected chi connectivity index (χ2v) is 15.4. The van der Waals surface area contributed by atoms with Gasteiger partial charge in [0.2, 0.25) is 0 Å². The number of aromatic nitrogens is 6. The lowest BCUT2D eigenvalue weighted by atomic mass is 9.65. The van der Waals surface area contributed by atoms with Crippen molar-refractivity contribution in [2.24, 2.45) is 0 Å². The van der Waals surface area contributed by atoms with Crippen LogP contribution < -0.4 is 4.74 Å². The van der Waals surface area contributed by atoms with E-state index in [2.05, 4.69) is 72.8 Å². The molecule has 10 aromatic rings. The number of hydrogen-bond donors (Lipinski definition) is 0. The van der Waals surface area contributed by atoms with Gasteiger partial charge in [-0.15, -0.1) is 0 Å².